The summed E-state index contributed by atoms with van der Waals surface area (Å²) < 4.78 is 3.17. The summed E-state index contributed by atoms with van der Waals surface area (Å²) in [7, 11) is 1.77. The van der Waals surface area contributed by atoms with Gasteiger partial charge in [0.15, 0.2) is 0 Å². The lowest BCUT2D eigenvalue weighted by Gasteiger charge is -2.05. The van der Waals surface area contributed by atoms with Crippen molar-refractivity contribution in [1.82, 2.24) is 34.5 Å². The zero-order valence-corrected chi connectivity index (χ0v) is 15.4. The van der Waals surface area contributed by atoms with Gasteiger partial charge in [0.1, 0.15) is 29.4 Å². The molecule has 4 aromatic rings. The van der Waals surface area contributed by atoms with E-state index >= 15 is 0 Å². The second-order valence-electron chi connectivity index (χ2n) is 6.19. The van der Waals surface area contributed by atoms with Gasteiger partial charge in [-0.15, -0.1) is 0 Å². The maximum absolute atomic E-state index is 12.4. The normalized spacial score (nSPS) is 10.8. The molecule has 1 amide bonds. The molecule has 0 unspecified atom stereocenters. The van der Waals surface area contributed by atoms with Gasteiger partial charge in [-0.25, -0.2) is 0 Å². The van der Waals surface area contributed by atoms with E-state index in [2.05, 4.69) is 30.5 Å². The molecule has 4 heterocycles. The second kappa shape index (κ2) is 7.39. The lowest BCUT2D eigenvalue weighted by atomic mass is 10.2. The van der Waals surface area contributed by atoms with E-state index in [1.807, 2.05) is 31.2 Å². The largest absolute Gasteiger partial charge is 0.309 e. The van der Waals surface area contributed by atoms with Crippen LogP contribution in [0.3, 0.4) is 0 Å². The first-order valence-corrected chi connectivity index (χ1v) is 8.67. The van der Waals surface area contributed by atoms with Crippen LogP contribution in [-0.4, -0.2) is 40.4 Å². The van der Waals surface area contributed by atoms with E-state index in [4.69, 9.17) is 0 Å². The molecule has 4 rings (SSSR count). The van der Waals surface area contributed by atoms with Gasteiger partial charge in [0.05, 0.1) is 11.4 Å². The first-order valence-electron chi connectivity index (χ1n) is 8.67. The maximum atomic E-state index is 12.4. The van der Waals surface area contributed by atoms with E-state index < -0.39 is 0 Å². The van der Waals surface area contributed by atoms with Gasteiger partial charge in [0, 0.05) is 37.9 Å². The first-order chi connectivity index (χ1) is 13.6. The molecule has 0 spiro atoms. The third-order valence-corrected chi connectivity index (χ3v) is 4.14. The quantitative estimate of drug-likeness (QED) is 0.574. The average Bonchev–Trinajstić information content (AvgIpc) is 3.30. The molecule has 28 heavy (non-hydrogen) atoms. The topological polar surface area (TPSA) is 103 Å². The average molecular weight is 374 g/mol. The van der Waals surface area contributed by atoms with Gasteiger partial charge in [0.25, 0.3) is 0 Å². The smallest absolute Gasteiger partial charge is 0.247 e. The molecule has 1 N–H and O–H groups in total. The monoisotopic (exact) mass is 374 g/mol. The van der Waals surface area contributed by atoms with Crippen molar-refractivity contribution in [3.8, 4) is 22.8 Å². The first kappa shape index (κ1) is 17.5. The molecule has 140 valence electrons. The van der Waals surface area contributed by atoms with E-state index in [0.29, 0.717) is 22.9 Å². The van der Waals surface area contributed by atoms with Crippen LogP contribution in [0.25, 0.3) is 22.8 Å². The number of nitrogens with one attached hydrogen (secondary N) is 1. The minimum absolute atomic E-state index is 0.0728. The molecule has 9 heteroatoms. The van der Waals surface area contributed by atoms with Crippen molar-refractivity contribution in [2.45, 2.75) is 13.5 Å². The van der Waals surface area contributed by atoms with E-state index in [1.165, 1.54) is 0 Å². The molecule has 0 aliphatic rings. The van der Waals surface area contributed by atoms with Crippen LogP contribution in [0, 0.1) is 6.92 Å². The Hall–Kier alpha value is -3.88. The van der Waals surface area contributed by atoms with Crippen molar-refractivity contribution in [3.63, 3.8) is 0 Å². The molecule has 0 aliphatic carbocycles. The molecule has 4 aromatic heterocycles. The number of amides is 1. The molecule has 0 aromatic carbocycles. The van der Waals surface area contributed by atoms with Crippen LogP contribution in [0.5, 0.6) is 0 Å². The van der Waals surface area contributed by atoms with Crippen LogP contribution >= 0.6 is 0 Å². The number of hydrogen-bond donors (Lipinski definition) is 1. The van der Waals surface area contributed by atoms with Crippen molar-refractivity contribution in [2.24, 2.45) is 7.05 Å². The molecular formula is C19H18N8O. The van der Waals surface area contributed by atoms with Gasteiger partial charge in [-0.05, 0) is 25.1 Å². The van der Waals surface area contributed by atoms with Gasteiger partial charge in [-0.1, -0.05) is 6.07 Å². The number of hydrogen-bond acceptors (Lipinski definition) is 6. The summed E-state index contributed by atoms with van der Waals surface area (Å²) >= 11 is 0. The van der Waals surface area contributed by atoms with E-state index in [-0.39, 0.29) is 12.5 Å². The molecule has 0 fully saturated rings. The Morgan fingerprint density at radius 1 is 1.00 bits per heavy atom. The Bertz CT molecular complexity index is 1120. The fourth-order valence-corrected chi connectivity index (χ4v) is 2.79. The van der Waals surface area contributed by atoms with E-state index in [1.54, 1.807) is 47.3 Å². The number of aryl methyl sites for hydroxylation is 2. The summed E-state index contributed by atoms with van der Waals surface area (Å²) in [5.74, 6) is 0.379. The maximum Gasteiger partial charge on any atom is 0.247 e. The highest BCUT2D eigenvalue weighted by Gasteiger charge is 2.13. The Morgan fingerprint density at radius 2 is 1.86 bits per heavy atom. The van der Waals surface area contributed by atoms with E-state index in [0.717, 1.165) is 11.4 Å². The summed E-state index contributed by atoms with van der Waals surface area (Å²) in [6.45, 7) is 1.94. The highest BCUT2D eigenvalue weighted by atomic mass is 16.2. The Balaban J connectivity index is 1.46. The van der Waals surface area contributed by atoms with Crippen LogP contribution in [0.15, 0.2) is 55.1 Å². The predicted octanol–water partition coefficient (Wildman–Crippen LogP) is 2.08. The lowest BCUT2D eigenvalue weighted by molar-refractivity contribution is -0.116. The molecule has 9 nitrogen and oxygen atoms in total. The number of carbonyl (C=O) groups is 1. The van der Waals surface area contributed by atoms with Gasteiger partial charge in [-0.3, -0.25) is 29.1 Å². The van der Waals surface area contributed by atoms with Crippen molar-refractivity contribution in [1.29, 1.82) is 0 Å². The summed E-state index contributed by atoms with van der Waals surface area (Å²) in [4.78, 5) is 25.2. The van der Waals surface area contributed by atoms with E-state index in [9.17, 15) is 4.79 Å². The minimum Gasteiger partial charge on any atom is -0.309 e. The summed E-state index contributed by atoms with van der Waals surface area (Å²) in [6, 6.07) is 9.21. The van der Waals surface area contributed by atoms with Crippen LogP contribution < -0.4 is 5.32 Å². The summed E-state index contributed by atoms with van der Waals surface area (Å²) in [5.41, 5.74) is 3.60. The highest BCUT2D eigenvalue weighted by Crippen LogP contribution is 2.19. The third-order valence-electron chi connectivity index (χ3n) is 4.14. The zero-order chi connectivity index (χ0) is 19.5. The van der Waals surface area contributed by atoms with Gasteiger partial charge in [0.2, 0.25) is 5.91 Å². The van der Waals surface area contributed by atoms with Gasteiger partial charge >= 0.3 is 0 Å². The standard InChI is InChI=1S/C19H18N8O/c1-13-19(22-9-8-20-13)15-6-10-27(25-15)12-18(28)23-17-11-16(24-26(17)2)14-5-3-4-7-21-14/h3-11H,12H2,1-2H3,(H,23,28). The Labute approximate surface area is 161 Å². The van der Waals surface area contributed by atoms with Crippen LogP contribution in [0.2, 0.25) is 0 Å². The van der Waals surface area contributed by atoms with Crippen molar-refractivity contribution in [3.05, 3.63) is 60.8 Å². The number of aromatic nitrogens is 7. The second-order valence-corrected chi connectivity index (χ2v) is 6.19. The summed E-state index contributed by atoms with van der Waals surface area (Å²) in [6.07, 6.45) is 6.70. The molecular weight excluding hydrogens is 356 g/mol. The van der Waals surface area contributed by atoms with Crippen LogP contribution in [0.4, 0.5) is 5.82 Å². The van der Waals surface area contributed by atoms with Gasteiger partial charge in [-0.2, -0.15) is 10.2 Å². The van der Waals surface area contributed by atoms with Crippen molar-refractivity contribution in [2.75, 3.05) is 5.32 Å². The molecule has 0 aliphatic heterocycles. The Morgan fingerprint density at radius 3 is 2.64 bits per heavy atom. The molecule has 0 saturated carbocycles. The minimum atomic E-state index is -0.207. The lowest BCUT2D eigenvalue weighted by Crippen LogP contribution is -2.20. The van der Waals surface area contributed by atoms with Gasteiger partial charge < -0.3 is 5.32 Å². The third kappa shape index (κ3) is 3.63. The molecule has 0 saturated heterocycles. The highest BCUT2D eigenvalue weighted by molar-refractivity contribution is 5.90. The number of carbonyl (C=O) groups excluding carboxylic acids is 1. The van der Waals surface area contributed by atoms with Crippen molar-refractivity contribution < 1.29 is 4.79 Å². The number of anilines is 1. The number of nitrogens with zero attached hydrogens (tertiary/aromatic N) is 7. The van der Waals surface area contributed by atoms with Crippen LogP contribution in [0.1, 0.15) is 5.69 Å². The zero-order valence-electron chi connectivity index (χ0n) is 15.4. The fraction of sp³-hybridized carbons (Fsp3) is 0.158. The predicted molar refractivity (Wildman–Crippen MR) is 103 cm³/mol. The molecule has 0 radical (unpaired) electrons. The fourth-order valence-electron chi connectivity index (χ4n) is 2.79. The Kier molecular flexibility index (Phi) is 4.63. The molecule has 0 atom stereocenters. The summed E-state index contributed by atoms with van der Waals surface area (Å²) in [5, 5.41) is 11.7. The number of rotatable bonds is 5. The molecule has 0 bridgehead atoms. The SMILES string of the molecule is Cc1nccnc1-c1ccn(CC(=O)Nc2cc(-c3ccccn3)nn2C)n1. The van der Waals surface area contributed by atoms with Crippen molar-refractivity contribution >= 4 is 11.7 Å². The van der Waals surface area contributed by atoms with Crippen LogP contribution in [-0.2, 0) is 18.4 Å². The number of pyridine rings is 1.